The van der Waals surface area contributed by atoms with Crippen molar-refractivity contribution in [2.45, 2.75) is 45.6 Å². The van der Waals surface area contributed by atoms with E-state index >= 15 is 0 Å². The van der Waals surface area contributed by atoms with Gasteiger partial charge in [-0.05, 0) is 61.7 Å². The van der Waals surface area contributed by atoms with Crippen LogP contribution in [0, 0.1) is 13.8 Å². The first-order chi connectivity index (χ1) is 13.8. The van der Waals surface area contributed by atoms with Gasteiger partial charge in [-0.3, -0.25) is 4.79 Å². The van der Waals surface area contributed by atoms with E-state index in [1.165, 1.54) is 4.90 Å². The molecule has 0 fully saturated rings. The predicted molar refractivity (Wildman–Crippen MR) is 102 cm³/mol. The summed E-state index contributed by atoms with van der Waals surface area (Å²) in [6.45, 7) is 5.65. The summed E-state index contributed by atoms with van der Waals surface area (Å²) in [5.41, 5.74) is -1.07. The molecule has 1 N–H and O–H groups in total. The molecule has 2 aromatic carbocycles. The number of halogens is 6. The van der Waals surface area contributed by atoms with Crippen LogP contribution < -0.4 is 10.2 Å². The normalized spacial score (nSPS) is 16.8. The summed E-state index contributed by atoms with van der Waals surface area (Å²) < 4.78 is 79.5. The molecule has 0 radical (unpaired) electrons. The highest BCUT2D eigenvalue weighted by atomic mass is 19.4. The minimum absolute atomic E-state index is 0.00592. The molecule has 0 aromatic heterocycles. The fourth-order valence-corrected chi connectivity index (χ4v) is 3.43. The van der Waals surface area contributed by atoms with Gasteiger partial charge in [0, 0.05) is 12.6 Å². The van der Waals surface area contributed by atoms with Gasteiger partial charge in [0.2, 0.25) is 0 Å². The van der Waals surface area contributed by atoms with Crippen LogP contribution in [0.15, 0.2) is 30.3 Å². The lowest BCUT2D eigenvalue weighted by molar-refractivity contribution is -0.143. The molecule has 3 nitrogen and oxygen atoms in total. The Balaban J connectivity index is 2.14. The zero-order chi connectivity index (χ0) is 22.4. The average molecular weight is 430 g/mol. The second-order valence-electron chi connectivity index (χ2n) is 7.37. The lowest BCUT2D eigenvalue weighted by Crippen LogP contribution is -2.45. The summed E-state index contributed by atoms with van der Waals surface area (Å²) in [6.07, 6.45) is -9.46. The summed E-state index contributed by atoms with van der Waals surface area (Å²) in [7, 11) is 0. The molecule has 3 rings (SSSR count). The van der Waals surface area contributed by atoms with Crippen LogP contribution in [0.3, 0.4) is 0 Å². The van der Waals surface area contributed by atoms with Gasteiger partial charge in [-0.1, -0.05) is 6.92 Å². The summed E-state index contributed by atoms with van der Waals surface area (Å²) in [5.74, 6) is -0.986. The van der Waals surface area contributed by atoms with E-state index in [1.807, 2.05) is 26.8 Å². The van der Waals surface area contributed by atoms with Crippen molar-refractivity contribution in [3.63, 3.8) is 0 Å². The third-order valence-corrected chi connectivity index (χ3v) is 5.29. The first-order valence-corrected chi connectivity index (χ1v) is 9.31. The lowest BCUT2D eigenvalue weighted by Gasteiger charge is -2.36. The molecule has 0 spiro atoms. The monoisotopic (exact) mass is 430 g/mol. The summed E-state index contributed by atoms with van der Waals surface area (Å²) in [6, 6.07) is 4.41. The predicted octanol–water partition coefficient (Wildman–Crippen LogP) is 6.19. The molecule has 1 aliphatic heterocycles. The molecule has 9 heteroatoms. The number of aryl methyl sites for hydroxylation is 2. The minimum Gasteiger partial charge on any atom is -0.379 e. The van der Waals surface area contributed by atoms with Crippen molar-refractivity contribution in [3.8, 4) is 0 Å². The molecule has 1 unspecified atom stereocenters. The van der Waals surface area contributed by atoms with Crippen molar-refractivity contribution in [2.75, 3.05) is 16.8 Å². The third-order valence-electron chi connectivity index (χ3n) is 5.29. The van der Waals surface area contributed by atoms with E-state index in [4.69, 9.17) is 0 Å². The minimum atomic E-state index is -5.11. The number of nitrogens with zero attached hydrogens (tertiary/aromatic N) is 1. The Labute approximate surface area is 169 Å². The van der Waals surface area contributed by atoms with Crippen LogP contribution in [-0.4, -0.2) is 18.5 Å². The molecule has 1 amide bonds. The molecule has 30 heavy (non-hydrogen) atoms. The molecule has 0 bridgehead atoms. The Morgan fingerprint density at radius 3 is 2.23 bits per heavy atom. The standard InChI is InChI=1S/C21H20F6N2O/c1-4-14-10-29(18-8-12(3)11(2)7-17(18)28-14)19(30)15-6-5-13(20(22,23)24)9-16(15)21(25,26)27/h5-9,14,28H,4,10H2,1-3H3. The second-order valence-corrected chi connectivity index (χ2v) is 7.37. The van der Waals surface area contributed by atoms with E-state index in [9.17, 15) is 31.1 Å². The van der Waals surface area contributed by atoms with Gasteiger partial charge in [-0.15, -0.1) is 0 Å². The van der Waals surface area contributed by atoms with E-state index in [2.05, 4.69) is 5.32 Å². The molecule has 0 saturated heterocycles. The van der Waals surface area contributed by atoms with Crippen LogP contribution in [0.5, 0.6) is 0 Å². The third kappa shape index (κ3) is 4.11. The fourth-order valence-electron chi connectivity index (χ4n) is 3.43. The number of nitrogens with one attached hydrogen (secondary N) is 1. The van der Waals surface area contributed by atoms with Gasteiger partial charge in [0.25, 0.3) is 5.91 Å². The van der Waals surface area contributed by atoms with Crippen molar-refractivity contribution in [2.24, 2.45) is 0 Å². The Morgan fingerprint density at radius 2 is 1.67 bits per heavy atom. The van der Waals surface area contributed by atoms with Gasteiger partial charge in [-0.25, -0.2) is 0 Å². The van der Waals surface area contributed by atoms with Gasteiger partial charge in [0.15, 0.2) is 0 Å². The maximum atomic E-state index is 13.5. The maximum absolute atomic E-state index is 13.5. The van der Waals surface area contributed by atoms with Gasteiger partial charge in [0.05, 0.1) is 28.1 Å². The first kappa shape index (κ1) is 22.0. The van der Waals surface area contributed by atoms with Gasteiger partial charge in [-0.2, -0.15) is 26.3 Å². The number of hydrogen-bond donors (Lipinski definition) is 1. The molecule has 0 aliphatic carbocycles. The number of alkyl halides is 6. The quantitative estimate of drug-likeness (QED) is 0.576. The highest BCUT2D eigenvalue weighted by molar-refractivity contribution is 6.09. The molecule has 1 atom stereocenters. The van der Waals surface area contributed by atoms with Crippen molar-refractivity contribution in [1.82, 2.24) is 0 Å². The topological polar surface area (TPSA) is 32.3 Å². The van der Waals surface area contributed by atoms with E-state index < -0.39 is 35.0 Å². The molecule has 1 aliphatic rings. The highest BCUT2D eigenvalue weighted by Crippen LogP contribution is 2.40. The van der Waals surface area contributed by atoms with Gasteiger partial charge >= 0.3 is 12.4 Å². The number of fused-ring (bicyclic) bond motifs is 1. The van der Waals surface area contributed by atoms with E-state index in [1.54, 1.807) is 6.07 Å². The largest absolute Gasteiger partial charge is 0.417 e. The molecule has 1 heterocycles. The number of benzene rings is 2. The van der Waals surface area contributed by atoms with Crippen LogP contribution in [0.2, 0.25) is 0 Å². The van der Waals surface area contributed by atoms with E-state index in [-0.39, 0.29) is 18.7 Å². The number of anilines is 2. The van der Waals surface area contributed by atoms with Crippen molar-refractivity contribution in [1.29, 1.82) is 0 Å². The van der Waals surface area contributed by atoms with Crippen molar-refractivity contribution in [3.05, 3.63) is 58.1 Å². The molecule has 2 aromatic rings. The van der Waals surface area contributed by atoms with Crippen LogP contribution in [-0.2, 0) is 12.4 Å². The Morgan fingerprint density at radius 1 is 1.03 bits per heavy atom. The number of hydrogen-bond acceptors (Lipinski definition) is 2. The van der Waals surface area contributed by atoms with Crippen molar-refractivity contribution >= 4 is 17.3 Å². The molecular formula is C21H20F6N2O. The smallest absolute Gasteiger partial charge is 0.379 e. The van der Waals surface area contributed by atoms with Crippen LogP contribution in [0.1, 0.15) is 46.0 Å². The number of amides is 1. The lowest BCUT2D eigenvalue weighted by atomic mass is 9.98. The number of carbonyl (C=O) groups is 1. The second kappa shape index (κ2) is 7.52. The van der Waals surface area contributed by atoms with Gasteiger partial charge < -0.3 is 10.2 Å². The van der Waals surface area contributed by atoms with Crippen LogP contribution in [0.4, 0.5) is 37.7 Å². The Hall–Kier alpha value is -2.71. The summed E-state index contributed by atoms with van der Waals surface area (Å²) in [5, 5.41) is 3.26. The highest BCUT2D eigenvalue weighted by Gasteiger charge is 2.41. The maximum Gasteiger partial charge on any atom is 0.417 e. The van der Waals surface area contributed by atoms with E-state index in [0.717, 1.165) is 11.1 Å². The van der Waals surface area contributed by atoms with Crippen molar-refractivity contribution < 1.29 is 31.1 Å². The van der Waals surface area contributed by atoms with Gasteiger partial charge in [0.1, 0.15) is 0 Å². The SMILES string of the molecule is CCC1CN(C(=O)c2ccc(C(F)(F)F)cc2C(F)(F)F)c2cc(C)c(C)cc2N1. The Bertz CT molecular complexity index is 981. The average Bonchev–Trinajstić information content (AvgIpc) is 2.65. The van der Waals surface area contributed by atoms with E-state index in [0.29, 0.717) is 29.9 Å². The molecule has 162 valence electrons. The first-order valence-electron chi connectivity index (χ1n) is 9.31. The number of carbonyl (C=O) groups excluding carboxylic acids is 1. The van der Waals surface area contributed by atoms with Crippen LogP contribution >= 0.6 is 0 Å². The van der Waals surface area contributed by atoms with Crippen LogP contribution in [0.25, 0.3) is 0 Å². The zero-order valence-electron chi connectivity index (χ0n) is 16.5. The summed E-state index contributed by atoms with van der Waals surface area (Å²) >= 11 is 0. The number of rotatable bonds is 2. The molecular weight excluding hydrogens is 410 g/mol. The Kier molecular flexibility index (Phi) is 5.51. The summed E-state index contributed by atoms with van der Waals surface area (Å²) in [4.78, 5) is 14.4. The fraction of sp³-hybridized carbons (Fsp3) is 0.381. The zero-order valence-corrected chi connectivity index (χ0v) is 16.5. The molecule has 0 saturated carbocycles.